The molecule has 0 spiro atoms. The third-order valence-corrected chi connectivity index (χ3v) is 2.92. The number of nitrogens with zero attached hydrogens (tertiary/aromatic N) is 1. The Hall–Kier alpha value is -1.40. The van der Waals surface area contributed by atoms with Crippen LogP contribution in [0.2, 0.25) is 0 Å². The van der Waals surface area contributed by atoms with Crippen LogP contribution in [0.25, 0.3) is 0 Å². The number of likely N-dealkylation sites (N-methyl/N-ethyl adjacent to an activating group) is 1. The topological polar surface area (TPSA) is 58.6 Å². The summed E-state index contributed by atoms with van der Waals surface area (Å²) in [7, 11) is 1.59. The van der Waals surface area contributed by atoms with E-state index in [0.717, 1.165) is 0 Å². The molecule has 5 nitrogen and oxygen atoms in total. The van der Waals surface area contributed by atoms with E-state index in [1.54, 1.807) is 19.2 Å². The van der Waals surface area contributed by atoms with Gasteiger partial charge in [0.25, 0.3) is 11.8 Å². The lowest BCUT2D eigenvalue weighted by Gasteiger charge is -2.16. The molecule has 0 atom stereocenters. The Labute approximate surface area is 111 Å². The highest BCUT2D eigenvalue weighted by molar-refractivity contribution is 7.12. The van der Waals surface area contributed by atoms with Crippen LogP contribution in [0.15, 0.2) is 17.5 Å². The van der Waals surface area contributed by atoms with Crippen LogP contribution < -0.4 is 5.48 Å². The lowest BCUT2D eigenvalue weighted by atomic mass is 10.2. The number of thiophene rings is 1. The van der Waals surface area contributed by atoms with Crippen molar-refractivity contribution in [2.75, 3.05) is 20.2 Å². The third kappa shape index (κ3) is 4.85. The van der Waals surface area contributed by atoms with Gasteiger partial charge in [-0.2, -0.15) is 0 Å². The molecular formula is C12H18N2O3S. The van der Waals surface area contributed by atoms with Gasteiger partial charge in [0.1, 0.15) is 6.54 Å². The maximum atomic E-state index is 11.8. The van der Waals surface area contributed by atoms with Crippen molar-refractivity contribution in [3.63, 3.8) is 0 Å². The van der Waals surface area contributed by atoms with E-state index in [9.17, 15) is 9.59 Å². The molecule has 18 heavy (non-hydrogen) atoms. The molecule has 6 heteroatoms. The highest BCUT2D eigenvalue weighted by Crippen LogP contribution is 2.10. The number of nitrogens with one attached hydrogen (secondary N) is 1. The fourth-order valence-electron chi connectivity index (χ4n) is 1.20. The van der Waals surface area contributed by atoms with Gasteiger partial charge >= 0.3 is 0 Å². The second-order valence-electron chi connectivity index (χ2n) is 4.37. The summed E-state index contributed by atoms with van der Waals surface area (Å²) >= 11 is 1.35. The van der Waals surface area contributed by atoms with Gasteiger partial charge in [0, 0.05) is 7.05 Å². The van der Waals surface area contributed by atoms with Gasteiger partial charge in [-0.3, -0.25) is 14.4 Å². The van der Waals surface area contributed by atoms with E-state index in [0.29, 0.717) is 17.4 Å². The monoisotopic (exact) mass is 270 g/mol. The minimum atomic E-state index is -0.331. The normalized spacial score (nSPS) is 10.4. The zero-order valence-corrected chi connectivity index (χ0v) is 11.6. The summed E-state index contributed by atoms with van der Waals surface area (Å²) in [6.07, 6.45) is 0. The SMILES string of the molecule is CC(C)CONC(=O)CN(C)C(=O)c1cccs1. The van der Waals surface area contributed by atoms with Gasteiger partial charge in [-0.15, -0.1) is 11.3 Å². The first-order valence-electron chi connectivity index (χ1n) is 5.70. The van der Waals surface area contributed by atoms with Crippen LogP contribution in [0, 0.1) is 5.92 Å². The largest absolute Gasteiger partial charge is 0.332 e. The molecule has 1 aromatic heterocycles. The van der Waals surface area contributed by atoms with Crippen LogP contribution in [0.4, 0.5) is 0 Å². The molecule has 100 valence electrons. The number of carbonyl (C=O) groups is 2. The maximum Gasteiger partial charge on any atom is 0.264 e. The first kappa shape index (κ1) is 14.7. The van der Waals surface area contributed by atoms with E-state index >= 15 is 0 Å². The first-order valence-corrected chi connectivity index (χ1v) is 6.58. The number of hydrogen-bond donors (Lipinski definition) is 1. The summed E-state index contributed by atoms with van der Waals surface area (Å²) in [5.41, 5.74) is 2.32. The van der Waals surface area contributed by atoms with E-state index in [-0.39, 0.29) is 18.4 Å². The van der Waals surface area contributed by atoms with Crippen molar-refractivity contribution >= 4 is 23.2 Å². The molecule has 1 N–H and O–H groups in total. The van der Waals surface area contributed by atoms with E-state index in [1.807, 2.05) is 19.2 Å². The Morgan fingerprint density at radius 2 is 2.22 bits per heavy atom. The quantitative estimate of drug-likeness (QED) is 0.797. The molecule has 0 aromatic carbocycles. The van der Waals surface area contributed by atoms with Crippen molar-refractivity contribution < 1.29 is 14.4 Å². The molecule has 0 bridgehead atoms. The van der Waals surface area contributed by atoms with Gasteiger partial charge < -0.3 is 4.90 Å². The van der Waals surface area contributed by atoms with Crippen LogP contribution in [-0.4, -0.2) is 36.9 Å². The molecule has 0 aliphatic carbocycles. The minimum Gasteiger partial charge on any atom is -0.332 e. The zero-order chi connectivity index (χ0) is 13.5. The molecular weight excluding hydrogens is 252 g/mol. The smallest absolute Gasteiger partial charge is 0.264 e. The Bertz CT molecular complexity index is 390. The van der Waals surface area contributed by atoms with Crippen molar-refractivity contribution in [2.24, 2.45) is 5.92 Å². The Balaban J connectivity index is 2.33. The van der Waals surface area contributed by atoms with Crippen LogP contribution in [0.1, 0.15) is 23.5 Å². The summed E-state index contributed by atoms with van der Waals surface area (Å²) < 4.78 is 0. The lowest BCUT2D eigenvalue weighted by Crippen LogP contribution is -2.38. The van der Waals surface area contributed by atoms with Gasteiger partial charge in [-0.1, -0.05) is 19.9 Å². The lowest BCUT2D eigenvalue weighted by molar-refractivity contribution is -0.134. The van der Waals surface area contributed by atoms with E-state index < -0.39 is 0 Å². The van der Waals surface area contributed by atoms with Crippen molar-refractivity contribution in [1.82, 2.24) is 10.4 Å². The highest BCUT2D eigenvalue weighted by atomic mass is 32.1. The molecule has 0 fully saturated rings. The second kappa shape index (κ2) is 7.13. The average molecular weight is 270 g/mol. The fraction of sp³-hybridized carbons (Fsp3) is 0.500. The molecule has 1 heterocycles. The Kier molecular flexibility index (Phi) is 5.80. The number of amides is 2. The van der Waals surface area contributed by atoms with Crippen LogP contribution >= 0.6 is 11.3 Å². The second-order valence-corrected chi connectivity index (χ2v) is 5.32. The molecule has 0 unspecified atom stereocenters. The van der Waals surface area contributed by atoms with Crippen LogP contribution in [0.3, 0.4) is 0 Å². The Morgan fingerprint density at radius 3 is 2.78 bits per heavy atom. The van der Waals surface area contributed by atoms with Gasteiger partial charge in [0.2, 0.25) is 0 Å². The predicted molar refractivity (Wildman–Crippen MR) is 70.2 cm³/mol. The molecule has 0 aliphatic rings. The standard InChI is InChI=1S/C12H18N2O3S/c1-9(2)8-17-13-11(15)7-14(3)12(16)10-5-4-6-18-10/h4-6,9H,7-8H2,1-3H3,(H,13,15). The van der Waals surface area contributed by atoms with Crippen molar-refractivity contribution in [1.29, 1.82) is 0 Å². The van der Waals surface area contributed by atoms with Crippen LogP contribution in [-0.2, 0) is 9.63 Å². The first-order chi connectivity index (χ1) is 8.50. The van der Waals surface area contributed by atoms with Crippen molar-refractivity contribution in [3.8, 4) is 0 Å². The number of hydrogen-bond acceptors (Lipinski definition) is 4. The summed E-state index contributed by atoms with van der Waals surface area (Å²) in [5, 5.41) is 1.83. The molecule has 0 saturated heterocycles. The third-order valence-electron chi connectivity index (χ3n) is 2.06. The molecule has 2 amide bonds. The summed E-state index contributed by atoms with van der Waals surface area (Å²) in [4.78, 5) is 30.3. The predicted octanol–water partition coefficient (Wildman–Crippen LogP) is 1.52. The molecule has 1 rings (SSSR count). The molecule has 0 aliphatic heterocycles. The summed E-state index contributed by atoms with van der Waals surface area (Å²) in [5.74, 6) is -0.150. The van der Waals surface area contributed by atoms with E-state index in [2.05, 4.69) is 5.48 Å². The number of carbonyl (C=O) groups excluding carboxylic acids is 2. The molecule has 1 aromatic rings. The maximum absolute atomic E-state index is 11.8. The minimum absolute atomic E-state index is 0.0190. The number of rotatable bonds is 6. The number of hydroxylamine groups is 1. The average Bonchev–Trinajstić information content (AvgIpc) is 2.80. The van der Waals surface area contributed by atoms with Gasteiger partial charge in [-0.05, 0) is 17.4 Å². The van der Waals surface area contributed by atoms with Gasteiger partial charge in [0.15, 0.2) is 0 Å². The molecule has 0 saturated carbocycles. The van der Waals surface area contributed by atoms with Crippen molar-refractivity contribution in [3.05, 3.63) is 22.4 Å². The Morgan fingerprint density at radius 1 is 1.50 bits per heavy atom. The summed E-state index contributed by atoms with van der Waals surface area (Å²) in [6.45, 7) is 4.40. The zero-order valence-electron chi connectivity index (χ0n) is 10.8. The van der Waals surface area contributed by atoms with Crippen molar-refractivity contribution in [2.45, 2.75) is 13.8 Å². The molecule has 0 radical (unpaired) electrons. The highest BCUT2D eigenvalue weighted by Gasteiger charge is 2.15. The van der Waals surface area contributed by atoms with E-state index in [1.165, 1.54) is 16.2 Å². The van der Waals surface area contributed by atoms with Gasteiger partial charge in [0.05, 0.1) is 11.5 Å². The van der Waals surface area contributed by atoms with E-state index in [4.69, 9.17) is 4.84 Å². The van der Waals surface area contributed by atoms with Gasteiger partial charge in [-0.25, -0.2) is 5.48 Å². The fourth-order valence-corrected chi connectivity index (χ4v) is 1.91. The summed E-state index contributed by atoms with van der Waals surface area (Å²) in [6, 6.07) is 3.54. The van der Waals surface area contributed by atoms with Crippen LogP contribution in [0.5, 0.6) is 0 Å².